The normalized spacial score (nSPS) is 14.2. The summed E-state index contributed by atoms with van der Waals surface area (Å²) in [5, 5.41) is 0.731. The van der Waals surface area contributed by atoms with Crippen LogP contribution in [0.25, 0.3) is 10.2 Å². The molecule has 2 heterocycles. The van der Waals surface area contributed by atoms with Crippen LogP contribution in [0, 0.1) is 0 Å². The molecule has 0 unspecified atom stereocenters. The molecule has 168 valence electrons. The van der Waals surface area contributed by atoms with Crippen molar-refractivity contribution in [3.8, 4) is 0 Å². The minimum absolute atomic E-state index is 0.00575. The Hall–Kier alpha value is -2.78. The second kappa shape index (κ2) is 8.87. The summed E-state index contributed by atoms with van der Waals surface area (Å²) in [5.41, 5.74) is 3.07. The van der Waals surface area contributed by atoms with Crippen LogP contribution in [0.3, 0.4) is 0 Å². The molecule has 0 amide bonds. The van der Waals surface area contributed by atoms with Gasteiger partial charge >= 0.3 is 5.97 Å². The summed E-state index contributed by atoms with van der Waals surface area (Å²) in [6.45, 7) is 0.620. The van der Waals surface area contributed by atoms with Crippen molar-refractivity contribution in [3.63, 3.8) is 0 Å². The zero-order valence-electron chi connectivity index (χ0n) is 17.4. The molecular formula is C24H19ClN2O4S2. The molecule has 0 atom stereocenters. The number of sulfonamides is 1. The molecule has 1 aromatic heterocycles. The number of benzene rings is 3. The summed E-state index contributed by atoms with van der Waals surface area (Å²) < 4.78 is 34.5. The van der Waals surface area contributed by atoms with Gasteiger partial charge in [-0.05, 0) is 47.9 Å². The van der Waals surface area contributed by atoms with Gasteiger partial charge in [-0.3, -0.25) is 0 Å². The number of ether oxygens (including phenoxy) is 1. The lowest BCUT2D eigenvalue weighted by molar-refractivity contribution is 0.0472. The van der Waals surface area contributed by atoms with Gasteiger partial charge in [-0.2, -0.15) is 4.31 Å². The number of aromatic nitrogens is 1. The Labute approximate surface area is 200 Å². The molecule has 0 N–H and O–H groups in total. The Morgan fingerprint density at radius 3 is 2.64 bits per heavy atom. The lowest BCUT2D eigenvalue weighted by Crippen LogP contribution is -2.36. The molecule has 33 heavy (non-hydrogen) atoms. The van der Waals surface area contributed by atoms with E-state index in [1.807, 2.05) is 48.5 Å². The van der Waals surface area contributed by atoms with Gasteiger partial charge in [0.2, 0.25) is 10.0 Å². The van der Waals surface area contributed by atoms with Crippen LogP contribution < -0.4 is 0 Å². The highest BCUT2D eigenvalue weighted by molar-refractivity contribution is 7.89. The van der Waals surface area contributed by atoms with Crippen molar-refractivity contribution in [1.82, 2.24) is 9.29 Å². The molecule has 1 aliphatic rings. The molecule has 0 spiro atoms. The number of nitrogens with zero attached hydrogens (tertiary/aromatic N) is 2. The highest BCUT2D eigenvalue weighted by Gasteiger charge is 2.30. The summed E-state index contributed by atoms with van der Waals surface area (Å²) in [4.78, 5) is 17.0. The van der Waals surface area contributed by atoms with E-state index in [-0.39, 0.29) is 28.6 Å². The monoisotopic (exact) mass is 498 g/mol. The van der Waals surface area contributed by atoms with Crippen molar-refractivity contribution in [2.75, 3.05) is 6.54 Å². The number of thiazole rings is 1. The molecule has 4 aromatic rings. The number of fused-ring (bicyclic) bond motifs is 2. The van der Waals surface area contributed by atoms with Crippen molar-refractivity contribution < 1.29 is 17.9 Å². The summed E-state index contributed by atoms with van der Waals surface area (Å²) in [5.74, 6) is -0.633. The largest absolute Gasteiger partial charge is 0.455 e. The van der Waals surface area contributed by atoms with Crippen LogP contribution >= 0.6 is 22.9 Å². The number of halogens is 1. The SMILES string of the molecule is O=C(OCc1nc2ccccc2s1)c1ccc(Cl)c(S(=O)(=O)N2CCc3ccccc3C2)c1. The average molecular weight is 499 g/mol. The number of hydrogen-bond donors (Lipinski definition) is 0. The predicted octanol–water partition coefficient (Wildman–Crippen LogP) is 5.05. The third-order valence-electron chi connectivity index (χ3n) is 5.55. The van der Waals surface area contributed by atoms with Gasteiger partial charge < -0.3 is 4.74 Å². The van der Waals surface area contributed by atoms with Crippen LogP contribution in [0.1, 0.15) is 26.5 Å². The Bertz CT molecular complexity index is 1430. The standard InChI is InChI=1S/C24H19ClN2O4S2/c25-19-10-9-17(24(28)31-15-23-26-20-7-3-4-8-21(20)32-23)13-22(19)33(29,30)27-12-11-16-5-1-2-6-18(16)14-27/h1-10,13H,11-12,14-15H2. The molecule has 9 heteroatoms. The number of carbonyl (C=O) groups excluding carboxylic acids is 1. The van der Waals surface area contributed by atoms with Gasteiger partial charge in [0, 0.05) is 13.1 Å². The molecule has 6 nitrogen and oxygen atoms in total. The first-order valence-electron chi connectivity index (χ1n) is 10.3. The molecule has 0 fully saturated rings. The molecule has 0 radical (unpaired) electrons. The second-order valence-electron chi connectivity index (χ2n) is 7.65. The fraction of sp³-hybridized carbons (Fsp3) is 0.167. The van der Waals surface area contributed by atoms with E-state index in [1.165, 1.54) is 33.8 Å². The summed E-state index contributed by atoms with van der Waals surface area (Å²) >= 11 is 7.70. The Morgan fingerprint density at radius 1 is 1.06 bits per heavy atom. The van der Waals surface area contributed by atoms with Gasteiger partial charge in [-0.25, -0.2) is 18.2 Å². The fourth-order valence-corrected chi connectivity index (χ4v) is 6.63. The Kier molecular flexibility index (Phi) is 5.92. The molecule has 0 bridgehead atoms. The van der Waals surface area contributed by atoms with Crippen LogP contribution in [0.4, 0.5) is 0 Å². The predicted molar refractivity (Wildman–Crippen MR) is 128 cm³/mol. The third kappa shape index (κ3) is 4.39. The number of hydrogen-bond acceptors (Lipinski definition) is 6. The quantitative estimate of drug-likeness (QED) is 0.360. The van der Waals surface area contributed by atoms with Gasteiger partial charge in [0.25, 0.3) is 0 Å². The molecular weight excluding hydrogens is 480 g/mol. The first-order chi connectivity index (χ1) is 15.9. The fourth-order valence-electron chi connectivity index (χ4n) is 3.83. The summed E-state index contributed by atoms with van der Waals surface area (Å²) in [6.07, 6.45) is 0.622. The number of carbonyl (C=O) groups is 1. The molecule has 0 saturated heterocycles. The van der Waals surface area contributed by atoms with E-state index in [0.717, 1.165) is 21.3 Å². The third-order valence-corrected chi connectivity index (χ3v) is 8.88. The van der Waals surface area contributed by atoms with Crippen LogP contribution in [0.15, 0.2) is 71.6 Å². The van der Waals surface area contributed by atoms with Gasteiger partial charge in [0.05, 0.1) is 20.8 Å². The number of para-hydroxylation sites is 1. The van der Waals surface area contributed by atoms with Gasteiger partial charge in [-0.1, -0.05) is 48.0 Å². The summed E-state index contributed by atoms with van der Waals surface area (Å²) in [7, 11) is -3.89. The summed E-state index contributed by atoms with van der Waals surface area (Å²) in [6, 6.07) is 19.6. The van der Waals surface area contributed by atoms with E-state index in [9.17, 15) is 13.2 Å². The molecule has 5 rings (SSSR count). The van der Waals surface area contributed by atoms with Crippen molar-refractivity contribution >= 4 is 49.1 Å². The molecule has 0 aliphatic carbocycles. The first kappa shape index (κ1) is 22.0. The van der Waals surface area contributed by atoms with E-state index in [2.05, 4.69) is 4.98 Å². The van der Waals surface area contributed by atoms with Crippen molar-refractivity contribution in [2.24, 2.45) is 0 Å². The topological polar surface area (TPSA) is 76.6 Å². The average Bonchev–Trinajstić information content (AvgIpc) is 3.25. The molecule has 3 aromatic carbocycles. The first-order valence-corrected chi connectivity index (χ1v) is 12.9. The molecule has 0 saturated carbocycles. The maximum Gasteiger partial charge on any atom is 0.338 e. The van der Waals surface area contributed by atoms with Crippen molar-refractivity contribution in [2.45, 2.75) is 24.5 Å². The van der Waals surface area contributed by atoms with Crippen molar-refractivity contribution in [1.29, 1.82) is 0 Å². The van der Waals surface area contributed by atoms with Crippen LogP contribution in [0.2, 0.25) is 5.02 Å². The van der Waals surface area contributed by atoms with Crippen LogP contribution in [-0.4, -0.2) is 30.2 Å². The Balaban J connectivity index is 1.35. The number of esters is 1. The van der Waals surface area contributed by atoms with E-state index in [4.69, 9.17) is 16.3 Å². The van der Waals surface area contributed by atoms with E-state index in [0.29, 0.717) is 18.0 Å². The van der Waals surface area contributed by atoms with Crippen LogP contribution in [0.5, 0.6) is 0 Å². The van der Waals surface area contributed by atoms with E-state index in [1.54, 1.807) is 0 Å². The van der Waals surface area contributed by atoms with Gasteiger partial charge in [0.15, 0.2) is 0 Å². The minimum Gasteiger partial charge on any atom is -0.455 e. The van der Waals surface area contributed by atoms with Gasteiger partial charge in [0.1, 0.15) is 16.5 Å². The van der Waals surface area contributed by atoms with Gasteiger partial charge in [-0.15, -0.1) is 11.3 Å². The molecule has 1 aliphatic heterocycles. The lowest BCUT2D eigenvalue weighted by atomic mass is 10.0. The smallest absolute Gasteiger partial charge is 0.338 e. The highest BCUT2D eigenvalue weighted by atomic mass is 35.5. The highest BCUT2D eigenvalue weighted by Crippen LogP contribution is 2.30. The minimum atomic E-state index is -3.89. The van der Waals surface area contributed by atoms with Crippen LogP contribution in [-0.2, 0) is 34.3 Å². The maximum absolute atomic E-state index is 13.4. The van der Waals surface area contributed by atoms with E-state index >= 15 is 0 Å². The lowest BCUT2D eigenvalue weighted by Gasteiger charge is -2.28. The zero-order valence-corrected chi connectivity index (χ0v) is 19.8. The second-order valence-corrected chi connectivity index (χ2v) is 11.1. The Morgan fingerprint density at radius 2 is 1.82 bits per heavy atom. The number of rotatable bonds is 5. The van der Waals surface area contributed by atoms with E-state index < -0.39 is 16.0 Å². The maximum atomic E-state index is 13.4. The zero-order chi connectivity index (χ0) is 23.0. The van der Waals surface area contributed by atoms with Crippen molar-refractivity contribution in [3.05, 3.63) is 93.5 Å².